The maximum absolute atomic E-state index is 5.70. The fourth-order valence-electron chi connectivity index (χ4n) is 2.93. The van der Waals surface area contributed by atoms with Gasteiger partial charge in [-0.1, -0.05) is 38.1 Å². The summed E-state index contributed by atoms with van der Waals surface area (Å²) >= 11 is 0. The van der Waals surface area contributed by atoms with E-state index in [-0.39, 0.29) is 0 Å². The molecule has 1 aliphatic heterocycles. The molecule has 0 radical (unpaired) electrons. The third kappa shape index (κ3) is 3.12. The van der Waals surface area contributed by atoms with Crippen LogP contribution in [-0.2, 0) is 6.54 Å². The number of nitrogens with zero attached hydrogens (tertiary/aromatic N) is 1. The number of benzene rings is 1. The molecule has 2 nitrogen and oxygen atoms in total. The van der Waals surface area contributed by atoms with Crippen molar-refractivity contribution in [1.29, 1.82) is 0 Å². The van der Waals surface area contributed by atoms with Crippen LogP contribution in [-0.4, -0.2) is 24.0 Å². The van der Waals surface area contributed by atoms with Crippen LogP contribution in [0.4, 0.5) is 0 Å². The molecule has 0 bridgehead atoms. The standard InChI is InChI=1S/C16H26N2/c1-12-8-14(3)18(10-12)11-15-4-6-16(7-5-15)13(2)9-17/h4-7,12-14H,8-11,17H2,1-3H3. The predicted molar refractivity (Wildman–Crippen MR) is 77.6 cm³/mol. The van der Waals surface area contributed by atoms with Gasteiger partial charge in [0.2, 0.25) is 0 Å². The second kappa shape index (κ2) is 5.85. The molecule has 2 N–H and O–H groups in total. The fraction of sp³-hybridized carbons (Fsp3) is 0.625. The van der Waals surface area contributed by atoms with Gasteiger partial charge in [-0.2, -0.15) is 0 Å². The van der Waals surface area contributed by atoms with E-state index in [0.717, 1.165) is 25.0 Å². The highest BCUT2D eigenvalue weighted by molar-refractivity contribution is 5.25. The van der Waals surface area contributed by atoms with E-state index in [1.54, 1.807) is 0 Å². The molecule has 100 valence electrons. The SMILES string of the molecule is CC1CC(C)N(Cc2ccc(C(C)CN)cc2)C1. The van der Waals surface area contributed by atoms with Crippen LogP contribution in [0.15, 0.2) is 24.3 Å². The van der Waals surface area contributed by atoms with E-state index in [4.69, 9.17) is 5.73 Å². The highest BCUT2D eigenvalue weighted by Gasteiger charge is 2.25. The summed E-state index contributed by atoms with van der Waals surface area (Å²) in [6.45, 7) is 9.92. The van der Waals surface area contributed by atoms with Gasteiger partial charge in [0.15, 0.2) is 0 Å². The Labute approximate surface area is 111 Å². The van der Waals surface area contributed by atoms with Crippen molar-refractivity contribution >= 4 is 0 Å². The molecule has 2 heteroatoms. The number of hydrogen-bond donors (Lipinski definition) is 1. The first-order valence-corrected chi connectivity index (χ1v) is 7.13. The number of nitrogens with two attached hydrogens (primary N) is 1. The molecule has 0 saturated carbocycles. The van der Waals surface area contributed by atoms with Crippen molar-refractivity contribution in [3.63, 3.8) is 0 Å². The van der Waals surface area contributed by atoms with Crippen molar-refractivity contribution < 1.29 is 0 Å². The Bertz CT molecular complexity index is 371. The number of rotatable bonds is 4. The summed E-state index contributed by atoms with van der Waals surface area (Å²) in [6.07, 6.45) is 1.34. The maximum atomic E-state index is 5.70. The molecule has 0 aromatic heterocycles. The number of hydrogen-bond acceptors (Lipinski definition) is 2. The lowest BCUT2D eigenvalue weighted by molar-refractivity contribution is 0.256. The smallest absolute Gasteiger partial charge is 0.0236 e. The molecular formula is C16H26N2. The molecule has 1 fully saturated rings. The molecule has 1 aromatic carbocycles. The molecule has 0 amide bonds. The molecule has 18 heavy (non-hydrogen) atoms. The average Bonchev–Trinajstić information content (AvgIpc) is 2.68. The van der Waals surface area contributed by atoms with Crippen molar-refractivity contribution in [3.8, 4) is 0 Å². The summed E-state index contributed by atoms with van der Waals surface area (Å²) in [7, 11) is 0. The molecular weight excluding hydrogens is 220 g/mol. The van der Waals surface area contributed by atoms with E-state index in [9.17, 15) is 0 Å². The zero-order chi connectivity index (χ0) is 13.1. The lowest BCUT2D eigenvalue weighted by Crippen LogP contribution is -2.26. The summed E-state index contributed by atoms with van der Waals surface area (Å²) < 4.78 is 0. The van der Waals surface area contributed by atoms with E-state index in [0.29, 0.717) is 5.92 Å². The quantitative estimate of drug-likeness (QED) is 0.885. The molecule has 3 unspecified atom stereocenters. The van der Waals surface area contributed by atoms with Crippen LogP contribution in [0, 0.1) is 5.92 Å². The van der Waals surface area contributed by atoms with Gasteiger partial charge in [-0.25, -0.2) is 0 Å². The second-order valence-electron chi connectivity index (χ2n) is 6.00. The largest absolute Gasteiger partial charge is 0.330 e. The average molecular weight is 246 g/mol. The number of likely N-dealkylation sites (tertiary alicyclic amines) is 1. The topological polar surface area (TPSA) is 29.3 Å². The van der Waals surface area contributed by atoms with Gasteiger partial charge in [-0.15, -0.1) is 0 Å². The van der Waals surface area contributed by atoms with E-state index in [2.05, 4.69) is 49.9 Å². The van der Waals surface area contributed by atoms with Crippen molar-refractivity contribution in [2.75, 3.05) is 13.1 Å². The summed E-state index contributed by atoms with van der Waals surface area (Å²) in [6, 6.07) is 9.71. The minimum Gasteiger partial charge on any atom is -0.330 e. The van der Waals surface area contributed by atoms with E-state index in [1.807, 2.05) is 0 Å². The monoisotopic (exact) mass is 246 g/mol. The Morgan fingerprint density at radius 2 is 1.94 bits per heavy atom. The van der Waals surface area contributed by atoms with E-state index in [1.165, 1.54) is 24.1 Å². The summed E-state index contributed by atoms with van der Waals surface area (Å²) in [5.74, 6) is 1.31. The van der Waals surface area contributed by atoms with Crippen LogP contribution in [0.25, 0.3) is 0 Å². The van der Waals surface area contributed by atoms with Gasteiger partial charge in [-0.05, 0) is 42.9 Å². The van der Waals surface area contributed by atoms with Gasteiger partial charge in [-0.3, -0.25) is 4.90 Å². The van der Waals surface area contributed by atoms with Gasteiger partial charge >= 0.3 is 0 Å². The van der Waals surface area contributed by atoms with Gasteiger partial charge in [0, 0.05) is 19.1 Å². The summed E-state index contributed by atoms with van der Waals surface area (Å²) in [4.78, 5) is 2.59. The van der Waals surface area contributed by atoms with Crippen molar-refractivity contribution in [2.45, 2.75) is 45.7 Å². The van der Waals surface area contributed by atoms with Crippen LogP contribution < -0.4 is 5.73 Å². The molecule has 0 aliphatic carbocycles. The summed E-state index contributed by atoms with van der Waals surface area (Å²) in [5, 5.41) is 0. The van der Waals surface area contributed by atoms with Crippen LogP contribution in [0.5, 0.6) is 0 Å². The highest BCUT2D eigenvalue weighted by atomic mass is 15.2. The molecule has 2 rings (SSSR count). The Morgan fingerprint density at radius 3 is 2.44 bits per heavy atom. The van der Waals surface area contributed by atoms with E-state index < -0.39 is 0 Å². The molecule has 1 aliphatic rings. The Hall–Kier alpha value is -0.860. The van der Waals surface area contributed by atoms with Gasteiger partial charge in [0.1, 0.15) is 0 Å². The molecule has 0 spiro atoms. The van der Waals surface area contributed by atoms with Crippen molar-refractivity contribution in [1.82, 2.24) is 4.90 Å². The van der Waals surface area contributed by atoms with Crippen LogP contribution in [0.3, 0.4) is 0 Å². The Balaban J connectivity index is 1.98. The Morgan fingerprint density at radius 1 is 1.28 bits per heavy atom. The van der Waals surface area contributed by atoms with Crippen molar-refractivity contribution in [3.05, 3.63) is 35.4 Å². The summed E-state index contributed by atoms with van der Waals surface area (Å²) in [5.41, 5.74) is 8.47. The molecule has 1 heterocycles. The normalized spacial score (nSPS) is 26.4. The predicted octanol–water partition coefficient (Wildman–Crippen LogP) is 2.98. The zero-order valence-corrected chi connectivity index (χ0v) is 11.9. The minimum absolute atomic E-state index is 0.463. The van der Waals surface area contributed by atoms with E-state index >= 15 is 0 Å². The van der Waals surface area contributed by atoms with Gasteiger partial charge in [0.25, 0.3) is 0 Å². The third-order valence-corrected chi connectivity index (χ3v) is 4.20. The van der Waals surface area contributed by atoms with Crippen molar-refractivity contribution in [2.24, 2.45) is 11.7 Å². The first kappa shape index (κ1) is 13.6. The minimum atomic E-state index is 0.463. The third-order valence-electron chi connectivity index (χ3n) is 4.20. The lowest BCUT2D eigenvalue weighted by Gasteiger charge is -2.21. The first-order chi connectivity index (χ1) is 8.60. The van der Waals surface area contributed by atoms with Crippen LogP contribution in [0.2, 0.25) is 0 Å². The highest BCUT2D eigenvalue weighted by Crippen LogP contribution is 2.24. The Kier molecular flexibility index (Phi) is 4.41. The molecule has 1 aromatic rings. The van der Waals surface area contributed by atoms with Crippen LogP contribution >= 0.6 is 0 Å². The van der Waals surface area contributed by atoms with Gasteiger partial charge < -0.3 is 5.73 Å². The molecule has 1 saturated heterocycles. The fourth-order valence-corrected chi connectivity index (χ4v) is 2.93. The van der Waals surface area contributed by atoms with Crippen LogP contribution in [0.1, 0.15) is 44.2 Å². The van der Waals surface area contributed by atoms with Gasteiger partial charge in [0.05, 0.1) is 0 Å². The second-order valence-corrected chi connectivity index (χ2v) is 6.00. The maximum Gasteiger partial charge on any atom is 0.0236 e. The lowest BCUT2D eigenvalue weighted by atomic mass is 10.00. The molecule has 3 atom stereocenters. The first-order valence-electron chi connectivity index (χ1n) is 7.13. The zero-order valence-electron chi connectivity index (χ0n) is 11.9.